The molecule has 0 saturated heterocycles. The van der Waals surface area contributed by atoms with Crippen LogP contribution in [0.3, 0.4) is 0 Å². The van der Waals surface area contributed by atoms with E-state index in [1.54, 1.807) is 0 Å². The van der Waals surface area contributed by atoms with Crippen molar-refractivity contribution in [3.05, 3.63) is 29.3 Å². The van der Waals surface area contributed by atoms with Crippen molar-refractivity contribution in [1.82, 2.24) is 0 Å². The molecule has 0 unspecified atom stereocenters. The van der Waals surface area contributed by atoms with Crippen LogP contribution in [0.5, 0.6) is 0 Å². The third-order valence-electron chi connectivity index (χ3n) is 3.34. The van der Waals surface area contributed by atoms with E-state index in [-0.39, 0.29) is 24.4 Å². The van der Waals surface area contributed by atoms with Gasteiger partial charge in [0.25, 0.3) is 11.7 Å². The Bertz CT molecular complexity index is 569. The topological polar surface area (TPSA) is 57.6 Å². The lowest BCUT2D eigenvalue weighted by Crippen LogP contribution is -2.30. The minimum atomic E-state index is -4.55. The van der Waals surface area contributed by atoms with Crippen molar-refractivity contribution < 1.29 is 27.9 Å². The zero-order chi connectivity index (χ0) is 15.6. The van der Waals surface area contributed by atoms with E-state index in [0.29, 0.717) is 19.3 Å². The van der Waals surface area contributed by atoms with Crippen LogP contribution in [0.25, 0.3) is 0 Å². The Labute approximate surface area is 119 Å². The molecule has 7 heteroatoms. The highest BCUT2D eigenvalue weighted by atomic mass is 19.4. The van der Waals surface area contributed by atoms with Gasteiger partial charge >= 0.3 is 6.18 Å². The molecule has 1 aromatic rings. The predicted molar refractivity (Wildman–Crippen MR) is 69.1 cm³/mol. The van der Waals surface area contributed by atoms with Gasteiger partial charge in [-0.25, -0.2) is 0 Å². The molecule has 0 aromatic heterocycles. The number of fused-ring (bicyclic) bond motifs is 1. The van der Waals surface area contributed by atoms with Crippen LogP contribution in [-0.2, 0) is 11.0 Å². The van der Waals surface area contributed by atoms with Crippen LogP contribution in [0.1, 0.15) is 35.2 Å². The fraction of sp³-hybridized carbons (Fsp3) is 0.429. The summed E-state index contributed by atoms with van der Waals surface area (Å²) in [6.07, 6.45) is -2.73. The molecule has 1 aliphatic rings. The van der Waals surface area contributed by atoms with Gasteiger partial charge in [-0.15, -0.1) is 0 Å². The maximum absolute atomic E-state index is 12.6. The average Bonchev–Trinajstić information content (AvgIpc) is 2.67. The van der Waals surface area contributed by atoms with Crippen LogP contribution < -0.4 is 4.90 Å². The van der Waals surface area contributed by atoms with Crippen molar-refractivity contribution in [1.29, 1.82) is 0 Å². The average molecular weight is 301 g/mol. The SMILES string of the molecule is O=C1C(=O)N(CCCCCO)c2ccc(C(F)(F)F)cc21. The predicted octanol–water partition coefficient (Wildman–Crippen LogP) is 2.40. The molecule has 0 aliphatic carbocycles. The van der Waals surface area contributed by atoms with Gasteiger partial charge in [0, 0.05) is 13.2 Å². The number of halogens is 3. The first-order chi connectivity index (χ1) is 9.86. The van der Waals surface area contributed by atoms with E-state index in [2.05, 4.69) is 0 Å². The molecule has 1 N–H and O–H groups in total. The molecule has 0 saturated carbocycles. The number of anilines is 1. The quantitative estimate of drug-likeness (QED) is 0.671. The normalized spacial score (nSPS) is 14.8. The Kier molecular flexibility index (Phi) is 4.32. The molecule has 0 fully saturated rings. The zero-order valence-corrected chi connectivity index (χ0v) is 11.1. The number of carbonyl (C=O) groups is 2. The zero-order valence-electron chi connectivity index (χ0n) is 11.1. The van der Waals surface area contributed by atoms with Crippen molar-refractivity contribution in [3.63, 3.8) is 0 Å². The minimum Gasteiger partial charge on any atom is -0.396 e. The maximum atomic E-state index is 12.6. The number of nitrogens with zero attached hydrogens (tertiary/aromatic N) is 1. The largest absolute Gasteiger partial charge is 0.416 e. The third-order valence-corrected chi connectivity index (χ3v) is 3.34. The van der Waals surface area contributed by atoms with E-state index in [0.717, 1.165) is 18.2 Å². The third kappa shape index (κ3) is 3.07. The molecule has 1 aliphatic heterocycles. The van der Waals surface area contributed by atoms with Crippen LogP contribution in [-0.4, -0.2) is 29.9 Å². The van der Waals surface area contributed by atoms with Gasteiger partial charge < -0.3 is 10.0 Å². The maximum Gasteiger partial charge on any atom is 0.416 e. The summed E-state index contributed by atoms with van der Waals surface area (Å²) in [4.78, 5) is 24.8. The molecule has 2 rings (SSSR count). The number of carbonyl (C=O) groups excluding carboxylic acids is 2. The Morgan fingerprint density at radius 3 is 2.43 bits per heavy atom. The Balaban J connectivity index is 2.22. The lowest BCUT2D eigenvalue weighted by molar-refractivity contribution is -0.137. The first kappa shape index (κ1) is 15.5. The number of aliphatic hydroxyl groups excluding tert-OH is 1. The highest BCUT2D eigenvalue weighted by molar-refractivity contribution is 6.52. The van der Waals surface area contributed by atoms with E-state index >= 15 is 0 Å². The lowest BCUT2D eigenvalue weighted by Gasteiger charge is -2.16. The highest BCUT2D eigenvalue weighted by Crippen LogP contribution is 2.36. The summed E-state index contributed by atoms with van der Waals surface area (Å²) in [6.45, 7) is 0.293. The second-order valence-corrected chi connectivity index (χ2v) is 4.80. The number of hydrogen-bond acceptors (Lipinski definition) is 3. The minimum absolute atomic E-state index is 0.0401. The van der Waals surface area contributed by atoms with E-state index in [1.165, 1.54) is 4.90 Å². The van der Waals surface area contributed by atoms with E-state index in [4.69, 9.17) is 5.11 Å². The standard InChI is InChI=1S/C14H14F3NO3/c15-14(16,17)9-4-5-11-10(8-9)12(20)13(21)18(11)6-2-1-3-7-19/h4-5,8,19H,1-3,6-7H2. The summed E-state index contributed by atoms with van der Waals surface area (Å²) in [5.74, 6) is -1.70. The number of aliphatic hydroxyl groups is 1. The number of amides is 1. The van der Waals surface area contributed by atoms with Gasteiger partial charge in [0.15, 0.2) is 0 Å². The van der Waals surface area contributed by atoms with Crippen molar-refractivity contribution in [2.45, 2.75) is 25.4 Å². The molecule has 1 aromatic carbocycles. The molecule has 0 bridgehead atoms. The Hall–Kier alpha value is -1.89. The Morgan fingerprint density at radius 2 is 1.81 bits per heavy atom. The number of benzene rings is 1. The number of ketones is 1. The monoisotopic (exact) mass is 301 g/mol. The summed E-state index contributed by atoms with van der Waals surface area (Å²) in [5.41, 5.74) is -0.913. The van der Waals surface area contributed by atoms with Crippen molar-refractivity contribution in [2.24, 2.45) is 0 Å². The first-order valence-electron chi connectivity index (χ1n) is 6.54. The van der Waals surface area contributed by atoms with Crippen molar-refractivity contribution in [2.75, 3.05) is 18.1 Å². The van der Waals surface area contributed by atoms with Gasteiger partial charge in [-0.1, -0.05) is 0 Å². The van der Waals surface area contributed by atoms with E-state index < -0.39 is 23.4 Å². The summed E-state index contributed by atoms with van der Waals surface area (Å²) in [5, 5.41) is 8.68. The molecular weight excluding hydrogens is 287 g/mol. The molecule has 0 spiro atoms. The van der Waals surface area contributed by atoms with Gasteiger partial charge in [-0.05, 0) is 37.5 Å². The molecule has 21 heavy (non-hydrogen) atoms. The smallest absolute Gasteiger partial charge is 0.396 e. The summed E-state index contributed by atoms with van der Waals surface area (Å²) >= 11 is 0. The molecule has 0 atom stereocenters. The number of unbranched alkanes of at least 4 members (excludes halogenated alkanes) is 2. The van der Waals surface area contributed by atoms with Crippen molar-refractivity contribution in [3.8, 4) is 0 Å². The van der Waals surface area contributed by atoms with E-state index in [9.17, 15) is 22.8 Å². The molecule has 1 amide bonds. The van der Waals surface area contributed by atoms with Crippen LogP contribution in [0.2, 0.25) is 0 Å². The molecule has 114 valence electrons. The second kappa shape index (κ2) is 5.85. The molecule has 4 nitrogen and oxygen atoms in total. The fourth-order valence-electron chi connectivity index (χ4n) is 2.26. The van der Waals surface area contributed by atoms with Crippen molar-refractivity contribution >= 4 is 17.4 Å². The van der Waals surface area contributed by atoms with Crippen LogP contribution in [0, 0.1) is 0 Å². The number of rotatable bonds is 5. The number of Topliss-reactive ketones (excluding diaryl/α,β-unsaturated/α-hetero) is 1. The first-order valence-corrected chi connectivity index (χ1v) is 6.54. The Morgan fingerprint density at radius 1 is 1.10 bits per heavy atom. The number of alkyl halides is 3. The van der Waals surface area contributed by atoms with Gasteiger partial charge in [0.2, 0.25) is 0 Å². The second-order valence-electron chi connectivity index (χ2n) is 4.80. The summed E-state index contributed by atoms with van der Waals surface area (Å²) in [7, 11) is 0. The van der Waals surface area contributed by atoms with Crippen LogP contribution in [0.4, 0.5) is 18.9 Å². The fourth-order valence-corrected chi connectivity index (χ4v) is 2.26. The molecule has 1 heterocycles. The molecular formula is C14H14F3NO3. The van der Waals surface area contributed by atoms with E-state index in [1.807, 2.05) is 0 Å². The van der Waals surface area contributed by atoms with Gasteiger partial charge in [0.1, 0.15) is 0 Å². The lowest BCUT2D eigenvalue weighted by atomic mass is 10.1. The van der Waals surface area contributed by atoms with Gasteiger partial charge in [-0.3, -0.25) is 9.59 Å². The van der Waals surface area contributed by atoms with Crippen LogP contribution in [0.15, 0.2) is 18.2 Å². The summed E-state index contributed by atoms with van der Waals surface area (Å²) < 4.78 is 37.9. The molecule has 0 radical (unpaired) electrons. The highest BCUT2D eigenvalue weighted by Gasteiger charge is 2.38. The van der Waals surface area contributed by atoms with Gasteiger partial charge in [0.05, 0.1) is 16.8 Å². The van der Waals surface area contributed by atoms with Gasteiger partial charge in [-0.2, -0.15) is 13.2 Å². The van der Waals surface area contributed by atoms with Crippen LogP contribution >= 0.6 is 0 Å². The summed E-state index contributed by atoms with van der Waals surface area (Å²) in [6, 6.07) is 2.75. The number of hydrogen-bond donors (Lipinski definition) is 1.